The fraction of sp³-hybridized carbons (Fsp3) is 0.588. The van der Waals surface area contributed by atoms with Crippen LogP contribution in [0.25, 0.3) is 0 Å². The molecule has 0 saturated carbocycles. The molecule has 1 unspecified atom stereocenters. The summed E-state index contributed by atoms with van der Waals surface area (Å²) in [5.41, 5.74) is 2.92. The Balaban J connectivity index is 1.64. The zero-order chi connectivity index (χ0) is 16.6. The molecule has 0 aliphatic carbocycles. The fourth-order valence-corrected chi connectivity index (χ4v) is 3.49. The number of carbonyl (C=O) groups excluding carboxylic acids is 1. The first-order valence-corrected chi connectivity index (χ1v) is 8.19. The SMILES string of the molecule is Cc1cnn(C2CCN(C(=O)C(C)c3c(C)noc3C)CC2)c1. The first-order chi connectivity index (χ1) is 11.0. The van der Waals surface area contributed by atoms with Crippen molar-refractivity contribution in [2.75, 3.05) is 13.1 Å². The zero-order valence-electron chi connectivity index (χ0n) is 14.2. The Hall–Kier alpha value is -2.11. The first kappa shape index (κ1) is 15.8. The molecule has 124 valence electrons. The zero-order valence-corrected chi connectivity index (χ0v) is 14.2. The number of piperidine rings is 1. The van der Waals surface area contributed by atoms with Gasteiger partial charge in [0.2, 0.25) is 5.91 Å². The molecular formula is C17H24N4O2. The number of aromatic nitrogens is 3. The molecule has 0 N–H and O–H groups in total. The standard InChI is InChI=1S/C17H24N4O2/c1-11-9-18-21(10-11)15-5-7-20(8-6-15)17(22)12(2)16-13(3)19-23-14(16)4/h9-10,12,15H,5-8H2,1-4H3. The van der Waals surface area contributed by atoms with Crippen molar-refractivity contribution in [3.63, 3.8) is 0 Å². The molecule has 1 amide bonds. The van der Waals surface area contributed by atoms with E-state index < -0.39 is 0 Å². The van der Waals surface area contributed by atoms with Crippen molar-refractivity contribution in [2.45, 2.75) is 52.5 Å². The number of nitrogens with zero attached hydrogens (tertiary/aromatic N) is 4. The van der Waals surface area contributed by atoms with E-state index >= 15 is 0 Å². The molecule has 3 heterocycles. The average Bonchev–Trinajstić information content (AvgIpc) is 3.12. The third kappa shape index (κ3) is 3.02. The van der Waals surface area contributed by atoms with Gasteiger partial charge in [0, 0.05) is 24.8 Å². The van der Waals surface area contributed by atoms with E-state index in [0.717, 1.165) is 42.9 Å². The van der Waals surface area contributed by atoms with Crippen molar-refractivity contribution in [1.82, 2.24) is 19.8 Å². The number of hydrogen-bond acceptors (Lipinski definition) is 4. The number of rotatable bonds is 3. The highest BCUT2D eigenvalue weighted by Gasteiger charge is 2.30. The quantitative estimate of drug-likeness (QED) is 0.873. The predicted molar refractivity (Wildman–Crippen MR) is 86.2 cm³/mol. The molecule has 3 rings (SSSR count). The van der Waals surface area contributed by atoms with E-state index in [4.69, 9.17) is 4.52 Å². The Morgan fingerprint density at radius 1 is 1.30 bits per heavy atom. The number of carbonyl (C=O) groups is 1. The van der Waals surface area contributed by atoms with Gasteiger partial charge in [0.25, 0.3) is 0 Å². The van der Waals surface area contributed by atoms with Crippen molar-refractivity contribution >= 4 is 5.91 Å². The van der Waals surface area contributed by atoms with Crippen LogP contribution < -0.4 is 0 Å². The van der Waals surface area contributed by atoms with Gasteiger partial charge in [-0.2, -0.15) is 5.10 Å². The molecule has 2 aromatic rings. The maximum atomic E-state index is 12.8. The largest absolute Gasteiger partial charge is 0.361 e. The van der Waals surface area contributed by atoms with Crippen LogP contribution in [0.1, 0.15) is 54.3 Å². The number of likely N-dealkylation sites (tertiary alicyclic amines) is 1. The van der Waals surface area contributed by atoms with Gasteiger partial charge in [-0.3, -0.25) is 9.48 Å². The van der Waals surface area contributed by atoms with Gasteiger partial charge in [0.15, 0.2) is 0 Å². The Morgan fingerprint density at radius 2 is 2.00 bits per heavy atom. The summed E-state index contributed by atoms with van der Waals surface area (Å²) in [5.74, 6) is 0.699. The van der Waals surface area contributed by atoms with Crippen LogP contribution in [0.15, 0.2) is 16.9 Å². The molecule has 2 aromatic heterocycles. The molecule has 6 heteroatoms. The number of amides is 1. The smallest absolute Gasteiger partial charge is 0.230 e. The van der Waals surface area contributed by atoms with Crippen molar-refractivity contribution in [3.8, 4) is 0 Å². The summed E-state index contributed by atoms with van der Waals surface area (Å²) in [4.78, 5) is 14.7. The van der Waals surface area contributed by atoms with Gasteiger partial charge in [-0.05, 0) is 46.1 Å². The Kier molecular flexibility index (Phi) is 4.24. The van der Waals surface area contributed by atoms with Gasteiger partial charge in [-0.25, -0.2) is 0 Å². The normalized spacial score (nSPS) is 17.5. The van der Waals surface area contributed by atoms with Crippen molar-refractivity contribution in [3.05, 3.63) is 35.0 Å². The second-order valence-corrected chi connectivity index (χ2v) is 6.51. The van der Waals surface area contributed by atoms with Gasteiger partial charge in [0.05, 0.1) is 23.9 Å². The summed E-state index contributed by atoms with van der Waals surface area (Å²) in [7, 11) is 0. The summed E-state index contributed by atoms with van der Waals surface area (Å²) in [6.45, 7) is 9.30. The van der Waals surface area contributed by atoms with Crippen LogP contribution in [0.5, 0.6) is 0 Å². The third-order valence-corrected chi connectivity index (χ3v) is 4.77. The van der Waals surface area contributed by atoms with Crippen LogP contribution in [-0.4, -0.2) is 38.8 Å². The monoisotopic (exact) mass is 316 g/mol. The molecule has 1 saturated heterocycles. The lowest BCUT2D eigenvalue weighted by molar-refractivity contribution is -0.133. The number of aryl methyl sites for hydroxylation is 3. The van der Waals surface area contributed by atoms with E-state index in [9.17, 15) is 4.79 Å². The highest BCUT2D eigenvalue weighted by molar-refractivity contribution is 5.83. The average molecular weight is 316 g/mol. The molecular weight excluding hydrogens is 292 g/mol. The van der Waals surface area contributed by atoms with Crippen molar-refractivity contribution in [2.24, 2.45) is 0 Å². The summed E-state index contributed by atoms with van der Waals surface area (Å²) in [5, 5.41) is 8.36. The van der Waals surface area contributed by atoms with Crippen LogP contribution in [-0.2, 0) is 4.79 Å². The van der Waals surface area contributed by atoms with Gasteiger partial charge < -0.3 is 9.42 Å². The van der Waals surface area contributed by atoms with E-state index in [2.05, 4.69) is 16.5 Å². The highest BCUT2D eigenvalue weighted by Crippen LogP contribution is 2.28. The Labute approximate surface area is 136 Å². The summed E-state index contributed by atoms with van der Waals surface area (Å²) in [6, 6.07) is 0.391. The van der Waals surface area contributed by atoms with Crippen molar-refractivity contribution < 1.29 is 9.32 Å². The molecule has 1 atom stereocenters. The van der Waals surface area contributed by atoms with Crippen LogP contribution >= 0.6 is 0 Å². The van der Waals surface area contributed by atoms with Crippen molar-refractivity contribution in [1.29, 1.82) is 0 Å². The molecule has 6 nitrogen and oxygen atoms in total. The molecule has 1 aliphatic rings. The molecule has 0 aromatic carbocycles. The molecule has 0 radical (unpaired) electrons. The Bertz CT molecular complexity index is 676. The lowest BCUT2D eigenvalue weighted by atomic mass is 9.96. The maximum Gasteiger partial charge on any atom is 0.230 e. The minimum Gasteiger partial charge on any atom is -0.361 e. The van der Waals surface area contributed by atoms with E-state index in [-0.39, 0.29) is 11.8 Å². The first-order valence-electron chi connectivity index (χ1n) is 8.19. The molecule has 1 aliphatic heterocycles. The van der Waals surface area contributed by atoms with Crippen LogP contribution in [0.2, 0.25) is 0 Å². The maximum absolute atomic E-state index is 12.8. The molecule has 23 heavy (non-hydrogen) atoms. The molecule has 1 fully saturated rings. The summed E-state index contributed by atoms with van der Waals surface area (Å²) in [6.07, 6.45) is 5.86. The topological polar surface area (TPSA) is 64.2 Å². The molecule has 0 spiro atoms. The van der Waals surface area contributed by atoms with Crippen LogP contribution in [0.3, 0.4) is 0 Å². The van der Waals surface area contributed by atoms with E-state index in [1.807, 2.05) is 43.5 Å². The van der Waals surface area contributed by atoms with Crippen LogP contribution in [0, 0.1) is 20.8 Å². The van der Waals surface area contributed by atoms with Gasteiger partial charge in [0.1, 0.15) is 5.76 Å². The molecule has 0 bridgehead atoms. The lowest BCUT2D eigenvalue weighted by Crippen LogP contribution is -2.41. The van der Waals surface area contributed by atoms with Crippen LogP contribution in [0.4, 0.5) is 0 Å². The number of hydrogen-bond donors (Lipinski definition) is 0. The minimum atomic E-state index is -0.204. The predicted octanol–water partition coefficient (Wildman–Crippen LogP) is 2.76. The summed E-state index contributed by atoms with van der Waals surface area (Å²) >= 11 is 0. The Morgan fingerprint density at radius 3 is 2.52 bits per heavy atom. The highest BCUT2D eigenvalue weighted by atomic mass is 16.5. The fourth-order valence-electron chi connectivity index (χ4n) is 3.49. The van der Waals surface area contributed by atoms with E-state index in [1.54, 1.807) is 0 Å². The summed E-state index contributed by atoms with van der Waals surface area (Å²) < 4.78 is 7.24. The van der Waals surface area contributed by atoms with Gasteiger partial charge in [-0.1, -0.05) is 5.16 Å². The second kappa shape index (κ2) is 6.18. The minimum absolute atomic E-state index is 0.162. The van der Waals surface area contributed by atoms with E-state index in [0.29, 0.717) is 6.04 Å². The second-order valence-electron chi connectivity index (χ2n) is 6.51. The van der Waals surface area contributed by atoms with Gasteiger partial charge in [-0.15, -0.1) is 0 Å². The van der Waals surface area contributed by atoms with Gasteiger partial charge >= 0.3 is 0 Å². The lowest BCUT2D eigenvalue weighted by Gasteiger charge is -2.33. The third-order valence-electron chi connectivity index (χ3n) is 4.77. The van der Waals surface area contributed by atoms with E-state index in [1.165, 1.54) is 5.56 Å².